The number of hydrogen-bond donors (Lipinski definition) is 1. The van der Waals surface area contributed by atoms with E-state index in [1.54, 1.807) is 20.4 Å². The highest BCUT2D eigenvalue weighted by Gasteiger charge is 2.13. The van der Waals surface area contributed by atoms with Crippen molar-refractivity contribution in [2.24, 2.45) is 0 Å². The minimum Gasteiger partial charge on any atom is -0.496 e. The quantitative estimate of drug-likeness (QED) is 0.911. The molecule has 1 unspecified atom stereocenters. The standard InChI is InChI=1S/C16H19NO3/c1-11(10-19-2)14-9-12(6-7-15(14)20-3)13-5-4-8-17-16(13)18/h4-9,11H,10H2,1-3H3,(H,17,18). The third kappa shape index (κ3) is 2.91. The largest absolute Gasteiger partial charge is 0.496 e. The molecule has 0 saturated carbocycles. The number of H-pyrrole nitrogens is 1. The zero-order valence-corrected chi connectivity index (χ0v) is 12.0. The number of aromatic nitrogens is 1. The van der Waals surface area contributed by atoms with Gasteiger partial charge in [-0.1, -0.05) is 13.0 Å². The molecule has 0 spiro atoms. The molecule has 20 heavy (non-hydrogen) atoms. The van der Waals surface area contributed by atoms with E-state index in [0.717, 1.165) is 16.9 Å². The van der Waals surface area contributed by atoms with Crippen molar-refractivity contribution in [1.29, 1.82) is 0 Å². The maximum atomic E-state index is 11.9. The van der Waals surface area contributed by atoms with Gasteiger partial charge in [0.05, 0.1) is 13.7 Å². The Morgan fingerprint density at radius 3 is 2.70 bits per heavy atom. The molecule has 0 aliphatic carbocycles. The van der Waals surface area contributed by atoms with Crippen LogP contribution in [0.1, 0.15) is 18.4 Å². The lowest BCUT2D eigenvalue weighted by Crippen LogP contribution is -2.08. The van der Waals surface area contributed by atoms with Gasteiger partial charge in [0.15, 0.2) is 0 Å². The van der Waals surface area contributed by atoms with Crippen molar-refractivity contribution >= 4 is 0 Å². The lowest BCUT2D eigenvalue weighted by Gasteiger charge is -2.16. The molecule has 106 valence electrons. The van der Waals surface area contributed by atoms with Gasteiger partial charge in [-0.25, -0.2) is 0 Å². The lowest BCUT2D eigenvalue weighted by atomic mass is 9.96. The van der Waals surface area contributed by atoms with Gasteiger partial charge in [-0.15, -0.1) is 0 Å². The second kappa shape index (κ2) is 6.39. The summed E-state index contributed by atoms with van der Waals surface area (Å²) < 4.78 is 10.6. The molecule has 0 amide bonds. The van der Waals surface area contributed by atoms with Gasteiger partial charge in [0.25, 0.3) is 5.56 Å². The molecule has 0 radical (unpaired) electrons. The highest BCUT2D eigenvalue weighted by Crippen LogP contribution is 2.30. The van der Waals surface area contributed by atoms with E-state index in [1.165, 1.54) is 0 Å². The van der Waals surface area contributed by atoms with Gasteiger partial charge in [-0.2, -0.15) is 0 Å². The van der Waals surface area contributed by atoms with Crippen molar-refractivity contribution in [1.82, 2.24) is 4.98 Å². The smallest absolute Gasteiger partial charge is 0.255 e. The van der Waals surface area contributed by atoms with E-state index < -0.39 is 0 Å². The average molecular weight is 273 g/mol. The Bertz CT molecular complexity index is 634. The van der Waals surface area contributed by atoms with E-state index in [-0.39, 0.29) is 11.5 Å². The minimum atomic E-state index is -0.0944. The van der Waals surface area contributed by atoms with Crippen LogP contribution in [0.2, 0.25) is 0 Å². The molecule has 0 fully saturated rings. The van der Waals surface area contributed by atoms with Crippen molar-refractivity contribution in [2.45, 2.75) is 12.8 Å². The third-order valence-electron chi connectivity index (χ3n) is 3.31. The Hall–Kier alpha value is -2.07. The number of methoxy groups -OCH3 is 2. The number of hydrogen-bond acceptors (Lipinski definition) is 3. The minimum absolute atomic E-state index is 0.0944. The van der Waals surface area contributed by atoms with Crippen LogP contribution in [0.15, 0.2) is 41.3 Å². The summed E-state index contributed by atoms with van der Waals surface area (Å²) in [7, 11) is 3.32. The first-order valence-electron chi connectivity index (χ1n) is 6.52. The van der Waals surface area contributed by atoms with Crippen LogP contribution in [0.3, 0.4) is 0 Å². The van der Waals surface area contributed by atoms with E-state index in [9.17, 15) is 4.79 Å². The highest BCUT2D eigenvalue weighted by atomic mass is 16.5. The van der Waals surface area contributed by atoms with Gasteiger partial charge in [0, 0.05) is 24.8 Å². The summed E-state index contributed by atoms with van der Waals surface area (Å²) in [6.45, 7) is 2.67. The molecule has 4 nitrogen and oxygen atoms in total. The summed E-state index contributed by atoms with van der Waals surface area (Å²) in [5.74, 6) is 1.00. The zero-order chi connectivity index (χ0) is 14.5. The average Bonchev–Trinajstić information content (AvgIpc) is 2.47. The molecule has 2 aromatic rings. The summed E-state index contributed by atoms with van der Waals surface area (Å²) in [5, 5.41) is 0. The number of ether oxygens (including phenoxy) is 2. The van der Waals surface area contributed by atoms with Crippen molar-refractivity contribution in [3.05, 3.63) is 52.4 Å². The Kier molecular flexibility index (Phi) is 4.58. The molecule has 0 bridgehead atoms. The summed E-state index contributed by atoms with van der Waals surface area (Å²) in [6.07, 6.45) is 1.63. The summed E-state index contributed by atoms with van der Waals surface area (Å²) in [5.41, 5.74) is 2.48. The SMILES string of the molecule is COCC(C)c1cc(-c2ccc[nH]c2=O)ccc1OC. The van der Waals surface area contributed by atoms with Crippen molar-refractivity contribution in [3.8, 4) is 16.9 Å². The van der Waals surface area contributed by atoms with E-state index in [0.29, 0.717) is 12.2 Å². The molecule has 4 heteroatoms. The molecule has 2 rings (SSSR count). The summed E-state index contributed by atoms with van der Waals surface area (Å²) in [4.78, 5) is 14.6. The van der Waals surface area contributed by atoms with E-state index in [1.807, 2.05) is 30.3 Å². The summed E-state index contributed by atoms with van der Waals surface area (Å²) in [6, 6.07) is 9.41. The normalized spacial score (nSPS) is 12.2. The Balaban J connectivity index is 2.50. The second-order valence-electron chi connectivity index (χ2n) is 4.73. The van der Waals surface area contributed by atoms with Gasteiger partial charge in [0.2, 0.25) is 0 Å². The van der Waals surface area contributed by atoms with Gasteiger partial charge in [-0.3, -0.25) is 4.79 Å². The molecule has 1 N–H and O–H groups in total. The molecule has 0 saturated heterocycles. The van der Waals surface area contributed by atoms with Crippen LogP contribution < -0.4 is 10.3 Å². The van der Waals surface area contributed by atoms with Crippen LogP contribution in [0.4, 0.5) is 0 Å². The number of nitrogens with one attached hydrogen (secondary N) is 1. The van der Waals surface area contributed by atoms with Crippen LogP contribution >= 0.6 is 0 Å². The number of benzene rings is 1. The number of aromatic amines is 1. The Morgan fingerprint density at radius 1 is 1.25 bits per heavy atom. The number of rotatable bonds is 5. The molecule has 1 aromatic heterocycles. The third-order valence-corrected chi connectivity index (χ3v) is 3.31. The Morgan fingerprint density at radius 2 is 2.05 bits per heavy atom. The highest BCUT2D eigenvalue weighted by molar-refractivity contribution is 5.65. The van der Waals surface area contributed by atoms with Crippen LogP contribution in [-0.4, -0.2) is 25.8 Å². The fourth-order valence-corrected chi connectivity index (χ4v) is 2.28. The van der Waals surface area contributed by atoms with Crippen molar-refractivity contribution in [2.75, 3.05) is 20.8 Å². The summed E-state index contributed by atoms with van der Waals surface area (Å²) >= 11 is 0. The van der Waals surface area contributed by atoms with Crippen LogP contribution in [0.5, 0.6) is 5.75 Å². The molecule has 1 aromatic carbocycles. The molecule has 0 aliphatic rings. The van der Waals surface area contributed by atoms with Crippen LogP contribution in [0, 0.1) is 0 Å². The molecule has 1 heterocycles. The number of pyridine rings is 1. The molecule has 1 atom stereocenters. The fourth-order valence-electron chi connectivity index (χ4n) is 2.28. The predicted molar refractivity (Wildman–Crippen MR) is 79.3 cm³/mol. The van der Waals surface area contributed by atoms with Crippen LogP contribution in [0.25, 0.3) is 11.1 Å². The topological polar surface area (TPSA) is 51.3 Å². The van der Waals surface area contributed by atoms with Gasteiger partial charge >= 0.3 is 0 Å². The van der Waals surface area contributed by atoms with Crippen molar-refractivity contribution in [3.63, 3.8) is 0 Å². The van der Waals surface area contributed by atoms with E-state index >= 15 is 0 Å². The van der Waals surface area contributed by atoms with E-state index in [2.05, 4.69) is 11.9 Å². The lowest BCUT2D eigenvalue weighted by molar-refractivity contribution is 0.183. The second-order valence-corrected chi connectivity index (χ2v) is 4.73. The van der Waals surface area contributed by atoms with Gasteiger partial charge in [0.1, 0.15) is 5.75 Å². The van der Waals surface area contributed by atoms with Gasteiger partial charge < -0.3 is 14.5 Å². The molecule has 0 aliphatic heterocycles. The Labute approximate surface area is 118 Å². The first kappa shape index (κ1) is 14.3. The molecular formula is C16H19NO3. The maximum Gasteiger partial charge on any atom is 0.255 e. The first-order chi connectivity index (χ1) is 9.67. The van der Waals surface area contributed by atoms with Gasteiger partial charge in [-0.05, 0) is 35.4 Å². The van der Waals surface area contributed by atoms with Crippen molar-refractivity contribution < 1.29 is 9.47 Å². The maximum absolute atomic E-state index is 11.9. The van der Waals surface area contributed by atoms with E-state index in [4.69, 9.17) is 9.47 Å². The van der Waals surface area contributed by atoms with Crippen LogP contribution in [-0.2, 0) is 4.74 Å². The first-order valence-corrected chi connectivity index (χ1v) is 6.52. The predicted octanol–water partition coefficient (Wildman–Crippen LogP) is 2.80. The monoisotopic (exact) mass is 273 g/mol. The fraction of sp³-hybridized carbons (Fsp3) is 0.312. The molecular weight excluding hydrogens is 254 g/mol. The zero-order valence-electron chi connectivity index (χ0n) is 12.0.